The predicted molar refractivity (Wildman–Crippen MR) is 115 cm³/mol. The zero-order valence-corrected chi connectivity index (χ0v) is 19.3. The molecular weight excluding hydrogens is 432 g/mol. The van der Waals surface area contributed by atoms with Crippen molar-refractivity contribution in [2.75, 3.05) is 41.3 Å². The Labute approximate surface area is 187 Å². The fourth-order valence-electron chi connectivity index (χ4n) is 3.72. The number of likely N-dealkylation sites (tertiary alicyclic amines) is 1. The Morgan fingerprint density at radius 3 is 2.31 bits per heavy atom. The third-order valence-electron chi connectivity index (χ3n) is 5.53. The number of nitrogens with zero attached hydrogens (tertiary/aromatic N) is 2. The molecule has 0 spiro atoms. The number of pyridine rings is 1. The monoisotopic (exact) mass is 460 g/mol. The number of amides is 1. The minimum absolute atomic E-state index is 0.0395. The molecule has 9 nitrogen and oxygen atoms in total. The average molecular weight is 461 g/mol. The molecule has 10 heteroatoms. The molecule has 1 aromatic carbocycles. The van der Waals surface area contributed by atoms with E-state index in [1.54, 1.807) is 24.5 Å². The van der Waals surface area contributed by atoms with Gasteiger partial charge in [0.25, 0.3) is 5.91 Å². The van der Waals surface area contributed by atoms with Crippen LogP contribution in [0.15, 0.2) is 53.7 Å². The highest BCUT2D eigenvalue weighted by molar-refractivity contribution is 7.89. The second-order valence-corrected chi connectivity index (χ2v) is 10.4. The van der Waals surface area contributed by atoms with Crippen molar-refractivity contribution in [2.24, 2.45) is 5.92 Å². The summed E-state index contributed by atoms with van der Waals surface area (Å²) in [4.78, 5) is 44.7. The number of aromatic nitrogens is 1. The van der Waals surface area contributed by atoms with E-state index in [-0.39, 0.29) is 10.5 Å². The molecule has 1 fully saturated rings. The Hall–Kier alpha value is -2.95. The molecule has 170 valence electrons. The molecule has 0 saturated carbocycles. The lowest BCUT2D eigenvalue weighted by molar-refractivity contribution is -0.857. The van der Waals surface area contributed by atoms with Crippen molar-refractivity contribution in [2.45, 2.75) is 10.9 Å². The molecule has 0 radical (unpaired) electrons. The third kappa shape index (κ3) is 4.47. The average Bonchev–Trinajstić information content (AvgIpc) is 3.02. The van der Waals surface area contributed by atoms with E-state index >= 15 is 0 Å². The van der Waals surface area contributed by atoms with Crippen molar-refractivity contribution in [3.8, 4) is 0 Å². The molecule has 3 rings (SSSR count). The van der Waals surface area contributed by atoms with Crippen molar-refractivity contribution >= 4 is 27.5 Å². The minimum Gasteiger partial charge on any atom is -0.338 e. The van der Waals surface area contributed by atoms with Gasteiger partial charge in [0.2, 0.25) is 15.8 Å². The number of H-pyrrole nitrogens is 1. The molecule has 1 aromatic heterocycles. The molecule has 0 aliphatic carbocycles. The summed E-state index contributed by atoms with van der Waals surface area (Å²) >= 11 is 0. The number of nitrogens with one attached hydrogen (secondary N) is 2. The van der Waals surface area contributed by atoms with Gasteiger partial charge in [0.1, 0.15) is 5.92 Å². The Morgan fingerprint density at radius 1 is 1.12 bits per heavy atom. The van der Waals surface area contributed by atoms with Crippen LogP contribution in [-0.2, 0) is 19.6 Å². The van der Waals surface area contributed by atoms with E-state index in [1.165, 1.54) is 43.3 Å². The SMILES string of the molecule is CN(C)S(=O)(=O)c1ccc(C(=O)C2C(=O)C(=O)N(CC[NH+](C)C)C2c2ccc[nH+]c2)cc1. The van der Waals surface area contributed by atoms with E-state index in [4.69, 9.17) is 0 Å². The summed E-state index contributed by atoms with van der Waals surface area (Å²) in [7, 11) is 3.08. The van der Waals surface area contributed by atoms with E-state index in [9.17, 15) is 22.8 Å². The number of carbonyl (C=O) groups is 3. The first-order chi connectivity index (χ1) is 15.1. The van der Waals surface area contributed by atoms with Crippen LogP contribution < -0.4 is 9.88 Å². The highest BCUT2D eigenvalue weighted by Gasteiger charge is 2.52. The molecule has 2 atom stereocenters. The maximum atomic E-state index is 13.4. The lowest BCUT2D eigenvalue weighted by atomic mass is 9.87. The number of quaternary nitrogens is 1. The van der Waals surface area contributed by atoms with Crippen LogP contribution in [0.3, 0.4) is 0 Å². The van der Waals surface area contributed by atoms with Gasteiger partial charge in [0.05, 0.1) is 38.1 Å². The molecule has 32 heavy (non-hydrogen) atoms. The number of sulfonamides is 1. The summed E-state index contributed by atoms with van der Waals surface area (Å²) in [5.41, 5.74) is 0.837. The first-order valence-electron chi connectivity index (χ1n) is 10.2. The Bertz CT molecular complexity index is 1110. The van der Waals surface area contributed by atoms with Gasteiger partial charge in [-0.1, -0.05) is 12.1 Å². The molecule has 2 N–H and O–H groups in total. The lowest BCUT2D eigenvalue weighted by Crippen LogP contribution is -3.06. The van der Waals surface area contributed by atoms with E-state index in [0.29, 0.717) is 18.7 Å². The number of ketones is 2. The summed E-state index contributed by atoms with van der Waals surface area (Å²) in [6, 6.07) is 8.24. The van der Waals surface area contributed by atoms with Crippen LogP contribution in [0.4, 0.5) is 0 Å². The second kappa shape index (κ2) is 9.27. The van der Waals surface area contributed by atoms with Crippen LogP contribution in [0.5, 0.6) is 0 Å². The number of benzene rings is 1. The molecule has 2 unspecified atom stereocenters. The summed E-state index contributed by atoms with van der Waals surface area (Å²) < 4.78 is 25.7. The normalized spacial score (nSPS) is 19.2. The van der Waals surface area contributed by atoms with Gasteiger partial charge < -0.3 is 9.80 Å². The molecule has 2 heterocycles. The highest BCUT2D eigenvalue weighted by atomic mass is 32.2. The largest absolute Gasteiger partial charge is 0.338 e. The predicted octanol–water partition coefficient (Wildman–Crippen LogP) is -1.15. The minimum atomic E-state index is -3.65. The number of aromatic amines is 1. The van der Waals surface area contributed by atoms with Crippen molar-refractivity contribution in [3.63, 3.8) is 0 Å². The van der Waals surface area contributed by atoms with Crippen molar-refractivity contribution < 1.29 is 32.7 Å². The zero-order chi connectivity index (χ0) is 23.6. The van der Waals surface area contributed by atoms with Crippen LogP contribution in [0.1, 0.15) is 22.0 Å². The lowest BCUT2D eigenvalue weighted by Gasteiger charge is -2.26. The first kappa shape index (κ1) is 23.7. The van der Waals surface area contributed by atoms with E-state index < -0.39 is 39.5 Å². The van der Waals surface area contributed by atoms with Crippen molar-refractivity contribution in [3.05, 3.63) is 59.9 Å². The summed E-state index contributed by atoms with van der Waals surface area (Å²) in [5.74, 6) is -3.13. The van der Waals surface area contributed by atoms with Gasteiger partial charge in [-0.3, -0.25) is 14.4 Å². The van der Waals surface area contributed by atoms with Crippen LogP contribution >= 0.6 is 0 Å². The Morgan fingerprint density at radius 2 is 1.78 bits per heavy atom. The van der Waals surface area contributed by atoms with Gasteiger partial charge in [-0.05, 0) is 18.2 Å². The van der Waals surface area contributed by atoms with E-state index in [1.807, 2.05) is 14.1 Å². The van der Waals surface area contributed by atoms with Gasteiger partial charge in [-0.2, -0.15) is 0 Å². The third-order valence-corrected chi connectivity index (χ3v) is 7.36. The van der Waals surface area contributed by atoms with Crippen molar-refractivity contribution in [1.29, 1.82) is 0 Å². The van der Waals surface area contributed by atoms with Gasteiger partial charge in [-0.15, -0.1) is 0 Å². The fourth-order valence-corrected chi connectivity index (χ4v) is 4.62. The topological polar surface area (TPSA) is 110 Å². The molecule has 0 bridgehead atoms. The van der Waals surface area contributed by atoms with Crippen LogP contribution in [0.25, 0.3) is 0 Å². The number of likely N-dealkylation sites (N-methyl/N-ethyl adjacent to an activating group) is 1. The van der Waals surface area contributed by atoms with E-state index in [2.05, 4.69) is 4.98 Å². The van der Waals surface area contributed by atoms with Gasteiger partial charge in [0.15, 0.2) is 18.2 Å². The zero-order valence-electron chi connectivity index (χ0n) is 18.5. The number of hydrogen-bond acceptors (Lipinski definition) is 5. The molecule has 2 aromatic rings. The van der Waals surface area contributed by atoms with Gasteiger partial charge in [0, 0.05) is 31.3 Å². The Kier molecular flexibility index (Phi) is 6.87. The first-order valence-corrected chi connectivity index (χ1v) is 11.7. The molecule has 1 aliphatic heterocycles. The maximum Gasteiger partial charge on any atom is 0.291 e. The second-order valence-electron chi connectivity index (χ2n) is 8.26. The van der Waals surface area contributed by atoms with E-state index in [0.717, 1.165) is 9.21 Å². The smallest absolute Gasteiger partial charge is 0.291 e. The van der Waals surface area contributed by atoms with Crippen LogP contribution in [0.2, 0.25) is 0 Å². The number of hydrogen-bond donors (Lipinski definition) is 1. The van der Waals surface area contributed by atoms with Crippen LogP contribution in [-0.4, -0.2) is 76.4 Å². The van der Waals surface area contributed by atoms with Gasteiger partial charge >= 0.3 is 0 Å². The summed E-state index contributed by atoms with van der Waals surface area (Å²) in [6.07, 6.45) is 3.39. The summed E-state index contributed by atoms with van der Waals surface area (Å²) in [6.45, 7) is 0.945. The standard InChI is InChI=1S/C22H26N4O5S/c1-24(2)12-13-26-19(16-6-5-11-23-14-16)18(21(28)22(26)29)20(27)15-7-9-17(10-8-15)32(30,31)25(3)4/h5-11,14,18-19H,12-13H2,1-4H3/p+2. The molecule has 1 amide bonds. The molecular formula is C22H28N4O5S+2. The Balaban J connectivity index is 1.99. The summed E-state index contributed by atoms with van der Waals surface area (Å²) in [5, 5.41) is 0. The van der Waals surface area contributed by atoms with Crippen molar-refractivity contribution in [1.82, 2.24) is 9.21 Å². The number of carbonyl (C=O) groups excluding carboxylic acids is 3. The molecule has 1 saturated heterocycles. The fraction of sp³-hybridized carbons (Fsp3) is 0.364. The van der Waals surface area contributed by atoms with Gasteiger partial charge in [-0.25, -0.2) is 17.7 Å². The maximum absolute atomic E-state index is 13.4. The quantitative estimate of drug-likeness (QED) is 0.304. The number of Topliss-reactive ketones (excluding diaryl/α,β-unsaturated/α-hetero) is 2. The molecule has 1 aliphatic rings. The number of rotatable bonds is 8. The highest BCUT2D eigenvalue weighted by Crippen LogP contribution is 2.37. The van der Waals surface area contributed by atoms with Crippen LogP contribution in [0, 0.1) is 5.92 Å².